The normalized spacial score (nSPS) is 10.5. The molecule has 0 amide bonds. The van der Waals surface area contributed by atoms with Crippen LogP contribution < -0.4 is 10.6 Å². The highest BCUT2D eigenvalue weighted by molar-refractivity contribution is 6.30. The molecule has 5 heteroatoms. The van der Waals surface area contributed by atoms with E-state index in [1.165, 1.54) is 16.7 Å². The largest absolute Gasteiger partial charge is 0.340 e. The molecule has 3 rings (SSSR count). The summed E-state index contributed by atoms with van der Waals surface area (Å²) in [6.45, 7) is 6.29. The summed E-state index contributed by atoms with van der Waals surface area (Å²) in [5.41, 5.74) is 5.61. The van der Waals surface area contributed by atoms with Gasteiger partial charge in [0.05, 0.1) is 0 Å². The van der Waals surface area contributed by atoms with Crippen LogP contribution in [0.25, 0.3) is 0 Å². The topological polar surface area (TPSA) is 49.8 Å². The Morgan fingerprint density at radius 2 is 1.54 bits per heavy atom. The van der Waals surface area contributed by atoms with E-state index in [1.807, 2.05) is 30.3 Å². The molecule has 0 fully saturated rings. The summed E-state index contributed by atoms with van der Waals surface area (Å²) in [5.74, 6) is 1.28. The van der Waals surface area contributed by atoms with Gasteiger partial charge in [-0.15, -0.1) is 0 Å². The number of aromatic nitrogens is 2. The molecule has 0 unspecified atom stereocenters. The molecule has 4 nitrogen and oxygen atoms in total. The van der Waals surface area contributed by atoms with Crippen LogP contribution in [0.4, 0.5) is 23.1 Å². The lowest BCUT2D eigenvalue weighted by Gasteiger charge is -2.14. The summed E-state index contributed by atoms with van der Waals surface area (Å²) >= 11 is 5.90. The van der Waals surface area contributed by atoms with Crippen molar-refractivity contribution in [2.75, 3.05) is 10.6 Å². The maximum atomic E-state index is 5.90. The van der Waals surface area contributed by atoms with E-state index >= 15 is 0 Å². The molecule has 2 aromatic carbocycles. The first-order valence-electron chi connectivity index (χ1n) is 7.72. The summed E-state index contributed by atoms with van der Waals surface area (Å²) in [6.07, 6.45) is 1.73. The van der Waals surface area contributed by atoms with E-state index in [0.717, 1.165) is 17.2 Å². The number of nitrogens with one attached hydrogen (secondary N) is 2. The SMILES string of the molecule is Cc1cc(C)c(Nc2ccnc(Nc3ccc(Cl)cc3)n2)c(C)c1. The van der Waals surface area contributed by atoms with Crippen molar-refractivity contribution >= 4 is 34.7 Å². The Hall–Kier alpha value is -2.59. The summed E-state index contributed by atoms with van der Waals surface area (Å²) in [4.78, 5) is 8.79. The third-order valence-corrected chi connectivity index (χ3v) is 3.94. The molecule has 122 valence electrons. The molecular weight excluding hydrogens is 320 g/mol. The van der Waals surface area contributed by atoms with Crippen LogP contribution in [0.1, 0.15) is 16.7 Å². The maximum Gasteiger partial charge on any atom is 0.229 e. The Labute approximate surface area is 146 Å². The molecule has 0 atom stereocenters. The first-order chi connectivity index (χ1) is 11.5. The molecule has 0 aliphatic carbocycles. The number of anilines is 4. The quantitative estimate of drug-likeness (QED) is 0.655. The Morgan fingerprint density at radius 3 is 2.21 bits per heavy atom. The number of halogens is 1. The second-order valence-corrected chi connectivity index (χ2v) is 6.23. The average Bonchev–Trinajstić information content (AvgIpc) is 2.53. The maximum absolute atomic E-state index is 5.90. The Balaban J connectivity index is 1.82. The number of aryl methyl sites for hydroxylation is 3. The zero-order chi connectivity index (χ0) is 17.1. The van der Waals surface area contributed by atoms with E-state index in [-0.39, 0.29) is 0 Å². The Bertz CT molecular complexity index is 836. The summed E-state index contributed by atoms with van der Waals surface area (Å²) in [7, 11) is 0. The Morgan fingerprint density at radius 1 is 0.875 bits per heavy atom. The summed E-state index contributed by atoms with van der Waals surface area (Å²) in [5, 5.41) is 7.26. The fourth-order valence-corrected chi connectivity index (χ4v) is 2.78. The molecule has 24 heavy (non-hydrogen) atoms. The van der Waals surface area contributed by atoms with Crippen molar-refractivity contribution in [1.82, 2.24) is 9.97 Å². The van der Waals surface area contributed by atoms with Crippen LogP contribution in [0.3, 0.4) is 0 Å². The molecule has 0 aliphatic rings. The minimum atomic E-state index is 0.532. The fourth-order valence-electron chi connectivity index (χ4n) is 2.66. The lowest BCUT2D eigenvalue weighted by atomic mass is 10.1. The van der Waals surface area contributed by atoms with Crippen molar-refractivity contribution in [3.05, 3.63) is 70.4 Å². The molecule has 0 bridgehead atoms. The van der Waals surface area contributed by atoms with Crippen molar-refractivity contribution in [2.24, 2.45) is 0 Å². The van der Waals surface area contributed by atoms with Gasteiger partial charge in [0.2, 0.25) is 5.95 Å². The predicted molar refractivity (Wildman–Crippen MR) is 101 cm³/mol. The predicted octanol–water partition coefficient (Wildman–Crippen LogP) is 5.54. The van der Waals surface area contributed by atoms with Crippen LogP contribution in [-0.4, -0.2) is 9.97 Å². The average molecular weight is 339 g/mol. The van der Waals surface area contributed by atoms with E-state index < -0.39 is 0 Å². The second-order valence-electron chi connectivity index (χ2n) is 5.80. The van der Waals surface area contributed by atoms with E-state index in [0.29, 0.717) is 11.0 Å². The van der Waals surface area contributed by atoms with Crippen LogP contribution in [0, 0.1) is 20.8 Å². The highest BCUT2D eigenvalue weighted by atomic mass is 35.5. The molecule has 2 N–H and O–H groups in total. The highest BCUT2D eigenvalue weighted by Gasteiger charge is 2.06. The van der Waals surface area contributed by atoms with Gasteiger partial charge in [0.1, 0.15) is 5.82 Å². The van der Waals surface area contributed by atoms with Gasteiger partial charge >= 0.3 is 0 Å². The van der Waals surface area contributed by atoms with Crippen LogP contribution in [-0.2, 0) is 0 Å². The molecule has 0 radical (unpaired) electrons. The number of hydrogen-bond donors (Lipinski definition) is 2. The van der Waals surface area contributed by atoms with Crippen molar-refractivity contribution in [3.63, 3.8) is 0 Å². The van der Waals surface area contributed by atoms with Gasteiger partial charge in [0.25, 0.3) is 0 Å². The molecule has 3 aromatic rings. The van der Waals surface area contributed by atoms with Gasteiger partial charge in [-0.05, 0) is 62.2 Å². The molecular formula is C19H19ClN4. The molecule has 1 heterocycles. The van der Waals surface area contributed by atoms with E-state index in [1.54, 1.807) is 6.20 Å². The molecule has 0 saturated heterocycles. The van der Waals surface area contributed by atoms with Gasteiger partial charge in [-0.25, -0.2) is 4.98 Å². The van der Waals surface area contributed by atoms with Gasteiger partial charge in [0.15, 0.2) is 0 Å². The molecule has 0 spiro atoms. The van der Waals surface area contributed by atoms with Crippen molar-refractivity contribution in [3.8, 4) is 0 Å². The highest BCUT2D eigenvalue weighted by Crippen LogP contribution is 2.25. The van der Waals surface area contributed by atoms with Crippen molar-refractivity contribution in [1.29, 1.82) is 0 Å². The lowest BCUT2D eigenvalue weighted by molar-refractivity contribution is 1.16. The minimum Gasteiger partial charge on any atom is -0.340 e. The van der Waals surface area contributed by atoms with E-state index in [2.05, 4.69) is 53.5 Å². The standard InChI is InChI=1S/C19H19ClN4/c1-12-10-13(2)18(14(3)11-12)23-17-8-9-21-19(24-17)22-16-6-4-15(20)5-7-16/h4-11H,1-3H3,(H2,21,22,23,24). The summed E-state index contributed by atoms with van der Waals surface area (Å²) < 4.78 is 0. The third kappa shape index (κ3) is 3.84. The monoisotopic (exact) mass is 338 g/mol. The zero-order valence-electron chi connectivity index (χ0n) is 13.9. The summed E-state index contributed by atoms with van der Waals surface area (Å²) in [6, 6.07) is 13.6. The van der Waals surface area contributed by atoms with Crippen LogP contribution in [0.5, 0.6) is 0 Å². The van der Waals surface area contributed by atoms with Crippen LogP contribution in [0.2, 0.25) is 5.02 Å². The number of benzene rings is 2. The van der Waals surface area contributed by atoms with Crippen LogP contribution >= 0.6 is 11.6 Å². The number of rotatable bonds is 4. The Kier molecular flexibility index (Phi) is 4.67. The first kappa shape index (κ1) is 16.3. The van der Waals surface area contributed by atoms with Gasteiger partial charge < -0.3 is 10.6 Å². The van der Waals surface area contributed by atoms with Gasteiger partial charge in [-0.1, -0.05) is 29.3 Å². The number of nitrogens with zero attached hydrogens (tertiary/aromatic N) is 2. The van der Waals surface area contributed by atoms with E-state index in [4.69, 9.17) is 11.6 Å². The van der Waals surface area contributed by atoms with Gasteiger partial charge in [-0.3, -0.25) is 0 Å². The van der Waals surface area contributed by atoms with Crippen molar-refractivity contribution in [2.45, 2.75) is 20.8 Å². The van der Waals surface area contributed by atoms with E-state index in [9.17, 15) is 0 Å². The van der Waals surface area contributed by atoms with Crippen LogP contribution in [0.15, 0.2) is 48.7 Å². The van der Waals surface area contributed by atoms with Gasteiger partial charge in [0, 0.05) is 22.6 Å². The zero-order valence-corrected chi connectivity index (χ0v) is 14.6. The molecule has 1 aromatic heterocycles. The third-order valence-electron chi connectivity index (χ3n) is 3.69. The smallest absolute Gasteiger partial charge is 0.229 e. The number of hydrogen-bond acceptors (Lipinski definition) is 4. The molecule has 0 aliphatic heterocycles. The minimum absolute atomic E-state index is 0.532. The van der Waals surface area contributed by atoms with Gasteiger partial charge in [-0.2, -0.15) is 4.98 Å². The second kappa shape index (κ2) is 6.89. The fraction of sp³-hybridized carbons (Fsp3) is 0.158. The molecule has 0 saturated carbocycles. The van der Waals surface area contributed by atoms with Crippen molar-refractivity contribution < 1.29 is 0 Å². The first-order valence-corrected chi connectivity index (χ1v) is 8.09. The lowest BCUT2D eigenvalue weighted by Crippen LogP contribution is -2.02.